The molecule has 1 atom stereocenters. The maximum atomic E-state index is 12.8. The summed E-state index contributed by atoms with van der Waals surface area (Å²) in [5.41, 5.74) is 2.01. The number of hydrogen-bond acceptors (Lipinski definition) is 6. The van der Waals surface area contributed by atoms with Crippen LogP contribution in [0.5, 0.6) is 0 Å². The van der Waals surface area contributed by atoms with E-state index >= 15 is 0 Å². The van der Waals surface area contributed by atoms with Gasteiger partial charge in [0.1, 0.15) is 4.21 Å². The van der Waals surface area contributed by atoms with Gasteiger partial charge in [-0.05, 0) is 36.8 Å². The maximum Gasteiger partial charge on any atom is 0.252 e. The minimum absolute atomic E-state index is 0.0799. The second kappa shape index (κ2) is 6.94. The normalized spacial score (nSPS) is 18.9. The first-order valence-electron chi connectivity index (χ1n) is 8.49. The zero-order chi connectivity index (χ0) is 18.1. The molecule has 8 heteroatoms. The van der Waals surface area contributed by atoms with Crippen LogP contribution < -0.4 is 0 Å². The maximum absolute atomic E-state index is 12.8. The van der Waals surface area contributed by atoms with Crippen LogP contribution in [0.25, 0.3) is 11.4 Å². The molecule has 0 spiro atoms. The molecule has 1 aliphatic heterocycles. The average molecular weight is 390 g/mol. The summed E-state index contributed by atoms with van der Waals surface area (Å²) >= 11 is 1.24. The van der Waals surface area contributed by atoms with Crippen LogP contribution in [-0.4, -0.2) is 36.0 Å². The van der Waals surface area contributed by atoms with Crippen molar-refractivity contribution in [1.29, 1.82) is 0 Å². The van der Waals surface area contributed by atoms with E-state index in [4.69, 9.17) is 4.52 Å². The molecule has 1 unspecified atom stereocenters. The molecule has 6 nitrogen and oxygen atoms in total. The fourth-order valence-electron chi connectivity index (χ4n) is 3.23. The fourth-order valence-corrected chi connectivity index (χ4v) is 5.90. The van der Waals surface area contributed by atoms with Crippen molar-refractivity contribution in [2.75, 3.05) is 13.1 Å². The number of piperidine rings is 1. The van der Waals surface area contributed by atoms with Gasteiger partial charge in [0.15, 0.2) is 0 Å². The fraction of sp³-hybridized carbons (Fsp3) is 0.333. The Morgan fingerprint density at radius 3 is 2.85 bits per heavy atom. The lowest BCUT2D eigenvalue weighted by atomic mass is 10.00. The van der Waals surface area contributed by atoms with Gasteiger partial charge in [0.05, 0.1) is 5.92 Å². The van der Waals surface area contributed by atoms with Crippen molar-refractivity contribution < 1.29 is 12.9 Å². The van der Waals surface area contributed by atoms with Crippen molar-refractivity contribution in [2.24, 2.45) is 0 Å². The number of rotatable bonds is 4. The SMILES string of the molecule is Cc1ccccc1-c1noc(C2CCCN(S(=O)(=O)c3cccs3)C2)n1. The van der Waals surface area contributed by atoms with Gasteiger partial charge in [-0.2, -0.15) is 9.29 Å². The molecular weight excluding hydrogens is 370 g/mol. The lowest BCUT2D eigenvalue weighted by Gasteiger charge is -2.29. The smallest absolute Gasteiger partial charge is 0.252 e. The Labute approximate surface area is 156 Å². The summed E-state index contributed by atoms with van der Waals surface area (Å²) in [5, 5.41) is 5.89. The molecule has 1 aromatic carbocycles. The van der Waals surface area contributed by atoms with Crippen LogP contribution >= 0.6 is 11.3 Å². The molecule has 0 aliphatic carbocycles. The Morgan fingerprint density at radius 1 is 1.23 bits per heavy atom. The minimum atomic E-state index is -3.45. The molecule has 3 heterocycles. The molecule has 0 bridgehead atoms. The summed E-state index contributed by atoms with van der Waals surface area (Å²) in [6.45, 7) is 2.90. The molecule has 0 radical (unpaired) electrons. The number of nitrogens with zero attached hydrogens (tertiary/aromatic N) is 3. The number of hydrogen-bond donors (Lipinski definition) is 0. The van der Waals surface area contributed by atoms with Crippen molar-refractivity contribution in [1.82, 2.24) is 14.4 Å². The summed E-state index contributed by atoms with van der Waals surface area (Å²) in [7, 11) is -3.45. The monoisotopic (exact) mass is 389 g/mol. The summed E-state index contributed by atoms with van der Waals surface area (Å²) in [4.78, 5) is 4.55. The van der Waals surface area contributed by atoms with E-state index in [1.165, 1.54) is 15.6 Å². The first-order valence-corrected chi connectivity index (χ1v) is 10.8. The van der Waals surface area contributed by atoms with E-state index < -0.39 is 10.0 Å². The van der Waals surface area contributed by atoms with E-state index in [2.05, 4.69) is 10.1 Å². The molecule has 1 aliphatic rings. The van der Waals surface area contributed by atoms with Gasteiger partial charge >= 0.3 is 0 Å². The number of thiophene rings is 1. The average Bonchev–Trinajstić information content (AvgIpc) is 3.35. The second-order valence-corrected chi connectivity index (χ2v) is 9.52. The molecule has 0 saturated carbocycles. The zero-order valence-electron chi connectivity index (χ0n) is 14.3. The van der Waals surface area contributed by atoms with Gasteiger partial charge in [0.25, 0.3) is 10.0 Å². The first kappa shape index (κ1) is 17.4. The predicted octanol–water partition coefficient (Wildman–Crippen LogP) is 3.67. The Balaban J connectivity index is 1.57. The molecule has 1 fully saturated rings. The van der Waals surface area contributed by atoms with E-state index in [1.54, 1.807) is 17.5 Å². The van der Waals surface area contributed by atoms with Crippen molar-refractivity contribution in [3.05, 3.63) is 53.2 Å². The van der Waals surface area contributed by atoms with E-state index in [0.717, 1.165) is 24.0 Å². The molecule has 4 rings (SSSR count). The number of aromatic nitrogens is 2. The molecule has 3 aromatic rings. The summed E-state index contributed by atoms with van der Waals surface area (Å²) in [6.07, 6.45) is 1.61. The van der Waals surface area contributed by atoms with Crippen LogP contribution in [0.3, 0.4) is 0 Å². The van der Waals surface area contributed by atoms with Gasteiger partial charge in [-0.25, -0.2) is 8.42 Å². The van der Waals surface area contributed by atoms with Gasteiger partial charge in [-0.15, -0.1) is 11.3 Å². The van der Waals surface area contributed by atoms with Crippen molar-refractivity contribution >= 4 is 21.4 Å². The standard InChI is InChI=1S/C18H19N3O3S2/c1-13-6-2-3-8-15(13)17-19-18(24-20-17)14-7-4-10-21(12-14)26(22,23)16-9-5-11-25-16/h2-3,5-6,8-9,11,14H,4,7,10,12H2,1H3. The minimum Gasteiger partial charge on any atom is -0.339 e. The Bertz CT molecular complexity index is 996. The van der Waals surface area contributed by atoms with E-state index in [0.29, 0.717) is 29.0 Å². The third-order valence-electron chi connectivity index (χ3n) is 4.65. The molecule has 2 aromatic heterocycles. The van der Waals surface area contributed by atoms with Crippen molar-refractivity contribution in [2.45, 2.75) is 29.9 Å². The Morgan fingerprint density at radius 2 is 2.08 bits per heavy atom. The highest BCUT2D eigenvalue weighted by atomic mass is 32.2. The first-order chi connectivity index (χ1) is 12.6. The zero-order valence-corrected chi connectivity index (χ0v) is 16.0. The Hall–Kier alpha value is -2.03. The highest BCUT2D eigenvalue weighted by Gasteiger charge is 2.33. The van der Waals surface area contributed by atoms with Gasteiger partial charge in [-0.3, -0.25) is 0 Å². The lowest BCUT2D eigenvalue weighted by molar-refractivity contribution is 0.266. The number of sulfonamides is 1. The van der Waals surface area contributed by atoms with Crippen LogP contribution in [0.2, 0.25) is 0 Å². The molecular formula is C18H19N3O3S2. The second-order valence-electron chi connectivity index (χ2n) is 6.41. The molecule has 26 heavy (non-hydrogen) atoms. The van der Waals surface area contributed by atoms with Crippen LogP contribution in [-0.2, 0) is 10.0 Å². The van der Waals surface area contributed by atoms with E-state index in [1.807, 2.05) is 31.2 Å². The van der Waals surface area contributed by atoms with Gasteiger partial charge in [-0.1, -0.05) is 35.5 Å². The summed E-state index contributed by atoms with van der Waals surface area (Å²) < 4.78 is 32.9. The highest BCUT2D eigenvalue weighted by Crippen LogP contribution is 2.32. The predicted molar refractivity (Wildman–Crippen MR) is 99.5 cm³/mol. The van der Waals surface area contributed by atoms with Crippen molar-refractivity contribution in [3.63, 3.8) is 0 Å². The molecule has 1 saturated heterocycles. The quantitative estimate of drug-likeness (QED) is 0.680. The van der Waals surface area contributed by atoms with Crippen LogP contribution in [0.15, 0.2) is 50.5 Å². The summed E-state index contributed by atoms with van der Waals surface area (Å²) in [6, 6.07) is 11.3. The largest absolute Gasteiger partial charge is 0.339 e. The number of benzene rings is 1. The molecule has 136 valence electrons. The van der Waals surface area contributed by atoms with Crippen LogP contribution in [0.4, 0.5) is 0 Å². The van der Waals surface area contributed by atoms with Gasteiger partial charge in [0, 0.05) is 18.7 Å². The Kier molecular flexibility index (Phi) is 4.64. The highest BCUT2D eigenvalue weighted by molar-refractivity contribution is 7.91. The summed E-state index contributed by atoms with van der Waals surface area (Å²) in [5.74, 6) is 0.981. The molecule has 0 N–H and O–H groups in total. The van der Waals surface area contributed by atoms with Crippen LogP contribution in [0, 0.1) is 6.92 Å². The van der Waals surface area contributed by atoms with E-state index in [-0.39, 0.29) is 5.92 Å². The third kappa shape index (κ3) is 3.20. The van der Waals surface area contributed by atoms with Crippen molar-refractivity contribution in [3.8, 4) is 11.4 Å². The number of aryl methyl sites for hydroxylation is 1. The van der Waals surface area contributed by atoms with Crippen LogP contribution in [0.1, 0.15) is 30.2 Å². The van der Waals surface area contributed by atoms with Gasteiger partial charge in [0.2, 0.25) is 11.7 Å². The third-order valence-corrected chi connectivity index (χ3v) is 7.89. The molecule has 0 amide bonds. The van der Waals surface area contributed by atoms with E-state index in [9.17, 15) is 8.42 Å². The topological polar surface area (TPSA) is 76.3 Å². The van der Waals surface area contributed by atoms with Gasteiger partial charge < -0.3 is 4.52 Å². The lowest BCUT2D eigenvalue weighted by Crippen LogP contribution is -2.38.